The first-order valence-corrected chi connectivity index (χ1v) is 5.44. The Balaban J connectivity index is 2.19. The predicted molar refractivity (Wildman–Crippen MR) is 58.3 cm³/mol. The van der Waals surface area contributed by atoms with E-state index in [-0.39, 0.29) is 22.4 Å². The molecule has 1 unspecified atom stereocenters. The van der Waals surface area contributed by atoms with Crippen molar-refractivity contribution in [2.45, 2.75) is 18.7 Å². The molecule has 0 aliphatic rings. The standard InChI is InChI=1S/C10H7ClF3N3O2/c11-5-2-1-3-15-8(5)9-16-7(19-17-9)4-6(18)10(12,13)14/h1-3,6,18H,4H2. The van der Waals surface area contributed by atoms with E-state index in [1.165, 1.54) is 12.3 Å². The quantitative estimate of drug-likeness (QED) is 0.939. The zero-order chi connectivity index (χ0) is 14.0. The largest absolute Gasteiger partial charge is 0.414 e. The van der Waals surface area contributed by atoms with Gasteiger partial charge in [-0.15, -0.1) is 0 Å². The van der Waals surface area contributed by atoms with Crippen molar-refractivity contribution in [2.24, 2.45) is 0 Å². The van der Waals surface area contributed by atoms with Crippen LogP contribution in [0.4, 0.5) is 13.2 Å². The molecule has 0 fully saturated rings. The van der Waals surface area contributed by atoms with Crippen LogP contribution in [-0.2, 0) is 6.42 Å². The molecule has 2 aromatic rings. The zero-order valence-corrected chi connectivity index (χ0v) is 9.98. The third kappa shape index (κ3) is 3.21. The van der Waals surface area contributed by atoms with Gasteiger partial charge in [-0.05, 0) is 12.1 Å². The lowest BCUT2D eigenvalue weighted by atomic mass is 10.2. The van der Waals surface area contributed by atoms with Crippen LogP contribution in [0.3, 0.4) is 0 Å². The van der Waals surface area contributed by atoms with Gasteiger partial charge in [0.05, 0.1) is 11.4 Å². The van der Waals surface area contributed by atoms with Crippen molar-refractivity contribution in [3.63, 3.8) is 0 Å². The average Bonchev–Trinajstić information content (AvgIpc) is 2.76. The topological polar surface area (TPSA) is 72.0 Å². The molecule has 0 aromatic carbocycles. The summed E-state index contributed by atoms with van der Waals surface area (Å²) in [7, 11) is 0. The first-order chi connectivity index (χ1) is 8.88. The molecule has 2 aromatic heterocycles. The van der Waals surface area contributed by atoms with E-state index in [0.29, 0.717) is 0 Å². The SMILES string of the molecule is OC(Cc1nc(-c2ncccc2Cl)no1)C(F)(F)F. The second-order valence-corrected chi connectivity index (χ2v) is 4.01. The Morgan fingerprint density at radius 3 is 2.79 bits per heavy atom. The van der Waals surface area contributed by atoms with Gasteiger partial charge in [0.2, 0.25) is 11.7 Å². The highest BCUT2D eigenvalue weighted by molar-refractivity contribution is 6.32. The van der Waals surface area contributed by atoms with E-state index in [0.717, 1.165) is 0 Å². The van der Waals surface area contributed by atoms with E-state index in [9.17, 15) is 13.2 Å². The van der Waals surface area contributed by atoms with Crippen LogP contribution in [0.1, 0.15) is 5.89 Å². The smallest absolute Gasteiger partial charge is 0.383 e. The number of pyridine rings is 1. The molecule has 2 rings (SSSR count). The Hall–Kier alpha value is -1.67. The first kappa shape index (κ1) is 13.8. The van der Waals surface area contributed by atoms with Gasteiger partial charge in [-0.1, -0.05) is 16.8 Å². The van der Waals surface area contributed by atoms with Crippen molar-refractivity contribution in [3.05, 3.63) is 29.2 Å². The number of alkyl halides is 3. The maximum Gasteiger partial charge on any atom is 0.414 e. The van der Waals surface area contributed by atoms with Crippen LogP contribution in [0, 0.1) is 0 Å². The Kier molecular flexibility index (Phi) is 3.72. The third-order valence-corrected chi connectivity index (χ3v) is 2.49. The van der Waals surface area contributed by atoms with Gasteiger partial charge >= 0.3 is 6.18 Å². The molecule has 102 valence electrons. The van der Waals surface area contributed by atoms with Crippen molar-refractivity contribution in [2.75, 3.05) is 0 Å². The predicted octanol–water partition coefficient (Wildman–Crippen LogP) is 2.25. The minimum atomic E-state index is -4.74. The number of rotatable bonds is 3. The highest BCUT2D eigenvalue weighted by Crippen LogP contribution is 2.25. The van der Waals surface area contributed by atoms with E-state index in [1.54, 1.807) is 6.07 Å². The molecule has 9 heteroatoms. The molecular weight excluding hydrogens is 287 g/mol. The number of halogens is 4. The van der Waals surface area contributed by atoms with Crippen LogP contribution >= 0.6 is 11.6 Å². The number of aliphatic hydroxyl groups excluding tert-OH is 1. The van der Waals surface area contributed by atoms with Gasteiger partial charge in [0, 0.05) is 6.20 Å². The van der Waals surface area contributed by atoms with E-state index < -0.39 is 18.7 Å². The fourth-order valence-electron chi connectivity index (χ4n) is 1.27. The fourth-order valence-corrected chi connectivity index (χ4v) is 1.47. The Labute approximate surface area is 110 Å². The molecule has 0 aliphatic carbocycles. The third-order valence-electron chi connectivity index (χ3n) is 2.18. The Morgan fingerprint density at radius 1 is 1.42 bits per heavy atom. The Bertz CT molecular complexity index is 573. The lowest BCUT2D eigenvalue weighted by Crippen LogP contribution is -2.30. The van der Waals surface area contributed by atoms with Crippen molar-refractivity contribution < 1.29 is 22.8 Å². The second kappa shape index (κ2) is 5.14. The van der Waals surface area contributed by atoms with Crippen LogP contribution in [0.15, 0.2) is 22.9 Å². The van der Waals surface area contributed by atoms with Crippen molar-refractivity contribution in [3.8, 4) is 11.5 Å². The van der Waals surface area contributed by atoms with Crippen LogP contribution in [0.2, 0.25) is 5.02 Å². The first-order valence-electron chi connectivity index (χ1n) is 5.06. The van der Waals surface area contributed by atoms with E-state index in [1.807, 2.05) is 0 Å². The summed E-state index contributed by atoms with van der Waals surface area (Å²) in [6.45, 7) is 0. The van der Waals surface area contributed by atoms with Gasteiger partial charge in [0.15, 0.2) is 6.10 Å². The number of hydrogen-bond acceptors (Lipinski definition) is 5. The number of aliphatic hydroxyl groups is 1. The van der Waals surface area contributed by atoms with Gasteiger partial charge in [-0.25, -0.2) is 0 Å². The summed E-state index contributed by atoms with van der Waals surface area (Å²) in [6, 6.07) is 3.12. The summed E-state index contributed by atoms with van der Waals surface area (Å²) in [5.41, 5.74) is 0.195. The molecule has 0 spiro atoms. The van der Waals surface area contributed by atoms with Crippen LogP contribution < -0.4 is 0 Å². The average molecular weight is 294 g/mol. The van der Waals surface area contributed by atoms with Crippen LogP contribution in [-0.4, -0.2) is 32.5 Å². The molecule has 0 saturated carbocycles. The number of nitrogens with zero attached hydrogens (tertiary/aromatic N) is 3. The van der Waals surface area contributed by atoms with Gasteiger partial charge in [-0.2, -0.15) is 18.2 Å². The maximum atomic E-state index is 12.2. The zero-order valence-electron chi connectivity index (χ0n) is 9.23. The molecule has 2 heterocycles. The molecule has 19 heavy (non-hydrogen) atoms. The molecule has 5 nitrogen and oxygen atoms in total. The Morgan fingerprint density at radius 2 is 2.16 bits per heavy atom. The number of hydrogen-bond donors (Lipinski definition) is 1. The maximum absolute atomic E-state index is 12.2. The monoisotopic (exact) mass is 293 g/mol. The van der Waals surface area contributed by atoms with Gasteiger partial charge in [-0.3, -0.25) is 4.98 Å². The van der Waals surface area contributed by atoms with Crippen molar-refractivity contribution in [1.82, 2.24) is 15.1 Å². The normalized spacial score (nSPS) is 13.5. The summed E-state index contributed by atoms with van der Waals surface area (Å²) < 4.78 is 41.1. The highest BCUT2D eigenvalue weighted by Gasteiger charge is 2.39. The van der Waals surface area contributed by atoms with E-state index in [2.05, 4.69) is 19.6 Å². The lowest BCUT2D eigenvalue weighted by Gasteiger charge is -2.11. The summed E-state index contributed by atoms with van der Waals surface area (Å²) >= 11 is 5.83. The molecule has 0 radical (unpaired) electrons. The molecule has 0 amide bonds. The van der Waals surface area contributed by atoms with Crippen molar-refractivity contribution in [1.29, 1.82) is 0 Å². The molecule has 0 bridgehead atoms. The molecule has 1 N–H and O–H groups in total. The summed E-state index contributed by atoms with van der Waals surface area (Å²) in [5, 5.41) is 12.6. The van der Waals surface area contributed by atoms with Gasteiger partial charge < -0.3 is 9.63 Å². The minimum Gasteiger partial charge on any atom is -0.383 e. The highest BCUT2D eigenvalue weighted by atomic mass is 35.5. The fraction of sp³-hybridized carbons (Fsp3) is 0.300. The van der Waals surface area contributed by atoms with E-state index in [4.69, 9.17) is 16.7 Å². The summed E-state index contributed by atoms with van der Waals surface area (Å²) in [6.07, 6.45) is -6.68. The van der Waals surface area contributed by atoms with Gasteiger partial charge in [0.1, 0.15) is 5.69 Å². The molecule has 0 saturated heterocycles. The molecular formula is C10H7ClF3N3O2. The summed E-state index contributed by atoms with van der Waals surface area (Å²) in [4.78, 5) is 7.60. The minimum absolute atomic E-state index is 0.0324. The second-order valence-electron chi connectivity index (χ2n) is 3.61. The van der Waals surface area contributed by atoms with E-state index >= 15 is 0 Å². The number of aromatic nitrogens is 3. The van der Waals surface area contributed by atoms with Crippen LogP contribution in [0.25, 0.3) is 11.5 Å². The molecule has 1 atom stereocenters. The summed E-state index contributed by atoms with van der Waals surface area (Å²) in [5.74, 6) is -0.378. The van der Waals surface area contributed by atoms with Gasteiger partial charge in [0.25, 0.3) is 0 Å². The molecule has 0 aliphatic heterocycles. The lowest BCUT2D eigenvalue weighted by molar-refractivity contribution is -0.204. The van der Waals surface area contributed by atoms with Crippen molar-refractivity contribution >= 4 is 11.6 Å². The van der Waals surface area contributed by atoms with Crippen LogP contribution in [0.5, 0.6) is 0 Å².